The summed E-state index contributed by atoms with van der Waals surface area (Å²) in [4.78, 5) is 11.9. The van der Waals surface area contributed by atoms with Crippen LogP contribution in [-0.2, 0) is 4.79 Å². The highest BCUT2D eigenvalue weighted by atomic mass is 32.2. The molecule has 106 valence electrons. The van der Waals surface area contributed by atoms with E-state index in [1.807, 2.05) is 11.8 Å². The lowest BCUT2D eigenvalue weighted by Crippen LogP contribution is -2.37. The van der Waals surface area contributed by atoms with Gasteiger partial charge in [-0.3, -0.25) is 4.79 Å². The summed E-state index contributed by atoms with van der Waals surface area (Å²) in [6, 6.07) is 0.422. The predicted octanol–water partition coefficient (Wildman–Crippen LogP) is 2.40. The van der Waals surface area contributed by atoms with Crippen molar-refractivity contribution in [2.75, 3.05) is 18.1 Å². The molecule has 0 aliphatic carbocycles. The fraction of sp³-hybridized carbons (Fsp3) is 0.929. The molecule has 1 rings (SSSR count). The van der Waals surface area contributed by atoms with E-state index in [1.54, 1.807) is 0 Å². The largest absolute Gasteiger partial charge is 0.353 e. The van der Waals surface area contributed by atoms with Crippen molar-refractivity contribution in [2.24, 2.45) is 17.6 Å². The molecule has 4 heteroatoms. The van der Waals surface area contributed by atoms with Gasteiger partial charge < -0.3 is 11.1 Å². The summed E-state index contributed by atoms with van der Waals surface area (Å²) in [6.45, 7) is 5.16. The Hall–Kier alpha value is -0.220. The predicted molar refractivity (Wildman–Crippen MR) is 79.7 cm³/mol. The van der Waals surface area contributed by atoms with Crippen LogP contribution in [0.2, 0.25) is 0 Å². The molecule has 1 fully saturated rings. The Bertz CT molecular complexity index is 240. The average Bonchev–Trinajstić information content (AvgIpc) is 2.35. The summed E-state index contributed by atoms with van der Waals surface area (Å²) >= 11 is 1.99. The molecule has 0 spiro atoms. The number of thioether (sulfide) groups is 1. The summed E-state index contributed by atoms with van der Waals surface area (Å²) in [5, 5.41) is 3.17. The molecule has 0 aromatic heterocycles. The second-order valence-corrected chi connectivity index (χ2v) is 6.80. The maximum absolute atomic E-state index is 11.9. The number of nitrogens with one attached hydrogen (secondary N) is 1. The van der Waals surface area contributed by atoms with Gasteiger partial charge in [-0.15, -0.1) is 0 Å². The van der Waals surface area contributed by atoms with Crippen molar-refractivity contribution in [3.05, 3.63) is 0 Å². The Balaban J connectivity index is 2.21. The quantitative estimate of drug-likeness (QED) is 0.748. The van der Waals surface area contributed by atoms with E-state index in [1.165, 1.54) is 11.5 Å². The zero-order valence-electron chi connectivity index (χ0n) is 11.8. The summed E-state index contributed by atoms with van der Waals surface area (Å²) < 4.78 is 0. The van der Waals surface area contributed by atoms with Crippen LogP contribution < -0.4 is 11.1 Å². The van der Waals surface area contributed by atoms with E-state index in [0.29, 0.717) is 24.3 Å². The Labute approximate surface area is 116 Å². The van der Waals surface area contributed by atoms with Crippen LogP contribution in [0.15, 0.2) is 0 Å². The summed E-state index contributed by atoms with van der Waals surface area (Å²) in [6.07, 6.45) is 4.93. The van der Waals surface area contributed by atoms with E-state index in [-0.39, 0.29) is 5.91 Å². The number of carbonyl (C=O) groups is 1. The van der Waals surface area contributed by atoms with Crippen LogP contribution in [0.5, 0.6) is 0 Å². The molecule has 1 unspecified atom stereocenters. The van der Waals surface area contributed by atoms with Crippen LogP contribution in [0.25, 0.3) is 0 Å². The lowest BCUT2D eigenvalue weighted by Gasteiger charge is -2.24. The summed E-state index contributed by atoms with van der Waals surface area (Å²) in [7, 11) is 0. The molecule has 0 aromatic rings. The molecule has 1 amide bonds. The molecule has 3 N–H and O–H groups in total. The first-order chi connectivity index (χ1) is 8.63. The molecule has 1 aliphatic heterocycles. The Kier molecular flexibility index (Phi) is 7.75. The van der Waals surface area contributed by atoms with Gasteiger partial charge in [0.15, 0.2) is 0 Å². The molecule has 18 heavy (non-hydrogen) atoms. The Morgan fingerprint density at radius 2 is 2.00 bits per heavy atom. The number of carbonyl (C=O) groups excluding carboxylic acids is 1. The average molecular weight is 272 g/mol. The number of amides is 1. The van der Waals surface area contributed by atoms with Crippen molar-refractivity contribution in [2.45, 2.75) is 52.0 Å². The van der Waals surface area contributed by atoms with Gasteiger partial charge in [0, 0.05) is 12.5 Å². The minimum Gasteiger partial charge on any atom is -0.353 e. The summed E-state index contributed by atoms with van der Waals surface area (Å²) in [5.74, 6) is 3.81. The van der Waals surface area contributed by atoms with Gasteiger partial charge in [-0.2, -0.15) is 11.8 Å². The fourth-order valence-corrected chi connectivity index (χ4v) is 3.59. The van der Waals surface area contributed by atoms with Crippen LogP contribution >= 0.6 is 11.8 Å². The first-order valence-electron chi connectivity index (χ1n) is 7.20. The van der Waals surface area contributed by atoms with Gasteiger partial charge in [-0.25, -0.2) is 0 Å². The third-order valence-corrected chi connectivity index (χ3v) is 4.86. The number of hydrogen-bond donors (Lipinski definition) is 2. The third-order valence-electron chi connectivity index (χ3n) is 3.81. The van der Waals surface area contributed by atoms with E-state index in [2.05, 4.69) is 19.2 Å². The normalized spacial score (nSPS) is 18.9. The molecule has 1 atom stereocenters. The SMILES string of the molecule is CC(C)C(CCN)CCC(=O)NC1CCSCC1. The van der Waals surface area contributed by atoms with Gasteiger partial charge in [0.1, 0.15) is 0 Å². The minimum atomic E-state index is 0.231. The molecule has 1 saturated heterocycles. The first-order valence-corrected chi connectivity index (χ1v) is 8.36. The van der Waals surface area contributed by atoms with Gasteiger partial charge in [0.05, 0.1) is 0 Å². The highest BCUT2D eigenvalue weighted by Crippen LogP contribution is 2.21. The number of nitrogens with two attached hydrogens (primary N) is 1. The van der Waals surface area contributed by atoms with Gasteiger partial charge in [0.25, 0.3) is 0 Å². The molecular weight excluding hydrogens is 244 g/mol. The highest BCUT2D eigenvalue weighted by Gasteiger charge is 2.18. The van der Waals surface area contributed by atoms with Gasteiger partial charge >= 0.3 is 0 Å². The van der Waals surface area contributed by atoms with Gasteiger partial charge in [0.2, 0.25) is 5.91 Å². The Morgan fingerprint density at radius 1 is 1.33 bits per heavy atom. The minimum absolute atomic E-state index is 0.231. The maximum atomic E-state index is 11.9. The van der Waals surface area contributed by atoms with Crippen LogP contribution in [0, 0.1) is 11.8 Å². The molecular formula is C14H28N2OS. The monoisotopic (exact) mass is 272 g/mol. The van der Waals surface area contributed by atoms with Crippen LogP contribution in [0.3, 0.4) is 0 Å². The lowest BCUT2D eigenvalue weighted by molar-refractivity contribution is -0.122. The van der Waals surface area contributed by atoms with Crippen molar-refractivity contribution in [3.63, 3.8) is 0 Å². The van der Waals surface area contributed by atoms with E-state index >= 15 is 0 Å². The molecule has 0 bridgehead atoms. The fourth-order valence-electron chi connectivity index (χ4n) is 2.48. The van der Waals surface area contributed by atoms with Crippen LogP contribution in [0.4, 0.5) is 0 Å². The van der Waals surface area contributed by atoms with Crippen molar-refractivity contribution in [1.82, 2.24) is 5.32 Å². The van der Waals surface area contributed by atoms with Gasteiger partial charge in [-0.05, 0) is 55.6 Å². The van der Waals surface area contributed by atoms with Crippen molar-refractivity contribution in [1.29, 1.82) is 0 Å². The second kappa shape index (κ2) is 8.81. The lowest BCUT2D eigenvalue weighted by atomic mass is 9.88. The standard InChI is InChI=1S/C14H28N2OS/c1-11(2)12(5-8-15)3-4-14(17)16-13-6-9-18-10-7-13/h11-13H,3-10,15H2,1-2H3,(H,16,17). The van der Waals surface area contributed by atoms with Crippen molar-refractivity contribution in [3.8, 4) is 0 Å². The molecule has 0 aromatic carbocycles. The summed E-state index contributed by atoms with van der Waals surface area (Å²) in [5.41, 5.74) is 5.62. The topological polar surface area (TPSA) is 55.1 Å². The second-order valence-electron chi connectivity index (χ2n) is 5.57. The molecule has 0 radical (unpaired) electrons. The maximum Gasteiger partial charge on any atom is 0.220 e. The van der Waals surface area contributed by atoms with Crippen molar-refractivity contribution < 1.29 is 4.79 Å². The smallest absolute Gasteiger partial charge is 0.220 e. The highest BCUT2D eigenvalue weighted by molar-refractivity contribution is 7.99. The molecule has 3 nitrogen and oxygen atoms in total. The third kappa shape index (κ3) is 6.10. The molecule has 1 aliphatic rings. The molecule has 0 saturated carbocycles. The van der Waals surface area contributed by atoms with E-state index in [4.69, 9.17) is 5.73 Å². The van der Waals surface area contributed by atoms with Crippen LogP contribution in [0.1, 0.15) is 46.0 Å². The zero-order chi connectivity index (χ0) is 13.4. The van der Waals surface area contributed by atoms with E-state index < -0.39 is 0 Å². The van der Waals surface area contributed by atoms with Crippen molar-refractivity contribution >= 4 is 17.7 Å². The number of hydrogen-bond acceptors (Lipinski definition) is 3. The van der Waals surface area contributed by atoms with E-state index in [9.17, 15) is 4.79 Å². The zero-order valence-corrected chi connectivity index (χ0v) is 12.6. The number of rotatable bonds is 7. The first kappa shape index (κ1) is 15.8. The molecule has 1 heterocycles. The van der Waals surface area contributed by atoms with Crippen LogP contribution in [-0.4, -0.2) is 30.0 Å². The van der Waals surface area contributed by atoms with Gasteiger partial charge in [-0.1, -0.05) is 13.8 Å². The Morgan fingerprint density at radius 3 is 2.56 bits per heavy atom. The van der Waals surface area contributed by atoms with E-state index in [0.717, 1.165) is 32.2 Å².